The maximum atomic E-state index is 13.4. The highest BCUT2D eigenvalue weighted by Crippen LogP contribution is 2.20. The van der Waals surface area contributed by atoms with Crippen LogP contribution in [0.25, 0.3) is 0 Å². The van der Waals surface area contributed by atoms with Gasteiger partial charge in [0.05, 0.1) is 4.90 Å². The lowest BCUT2D eigenvalue weighted by Crippen LogP contribution is -2.50. The van der Waals surface area contributed by atoms with Gasteiger partial charge in [0.25, 0.3) is 5.91 Å². The smallest absolute Gasteiger partial charge is 0.254 e. The number of nitrogens with one attached hydrogen (secondary N) is 1. The number of carbonyl (C=O) groups is 2. The number of amides is 2. The lowest BCUT2D eigenvalue weighted by atomic mass is 10.1. The fraction of sp³-hybridized carbons (Fsp3) is 0.263. The first kappa shape index (κ1) is 20.0. The third kappa shape index (κ3) is 4.37. The maximum absolute atomic E-state index is 13.4. The van der Waals surface area contributed by atoms with Crippen LogP contribution in [0.15, 0.2) is 53.4 Å². The third-order valence-electron chi connectivity index (χ3n) is 4.39. The summed E-state index contributed by atoms with van der Waals surface area (Å²) >= 11 is 0. The predicted molar refractivity (Wildman–Crippen MR) is 102 cm³/mol. The van der Waals surface area contributed by atoms with Crippen LogP contribution in [-0.2, 0) is 14.8 Å². The number of carbonyl (C=O) groups excluding carboxylic acids is 2. The second kappa shape index (κ2) is 8.07. The Morgan fingerprint density at radius 3 is 2.32 bits per heavy atom. The molecule has 1 aliphatic rings. The van der Waals surface area contributed by atoms with E-state index in [9.17, 15) is 22.4 Å². The first-order valence-electron chi connectivity index (χ1n) is 8.70. The minimum Gasteiger partial charge on any atom is -0.336 e. The van der Waals surface area contributed by atoms with E-state index in [1.165, 1.54) is 29.4 Å². The molecule has 0 atom stereocenters. The second-order valence-corrected chi connectivity index (χ2v) is 8.35. The molecule has 2 aromatic carbocycles. The molecule has 0 radical (unpaired) electrons. The quantitative estimate of drug-likeness (QED) is 0.842. The summed E-state index contributed by atoms with van der Waals surface area (Å²) in [4.78, 5) is 25.3. The molecule has 3 rings (SSSR count). The molecular weight excluding hydrogens is 385 g/mol. The first-order valence-corrected chi connectivity index (χ1v) is 10.1. The van der Waals surface area contributed by atoms with Crippen molar-refractivity contribution >= 4 is 27.5 Å². The fourth-order valence-electron chi connectivity index (χ4n) is 3.02. The van der Waals surface area contributed by atoms with Crippen molar-refractivity contribution in [1.82, 2.24) is 9.21 Å². The Morgan fingerprint density at radius 2 is 1.68 bits per heavy atom. The van der Waals surface area contributed by atoms with Gasteiger partial charge in [0.15, 0.2) is 0 Å². The lowest BCUT2D eigenvalue weighted by Gasteiger charge is -2.34. The van der Waals surface area contributed by atoms with E-state index in [4.69, 9.17) is 0 Å². The van der Waals surface area contributed by atoms with Gasteiger partial charge in [0.2, 0.25) is 15.9 Å². The van der Waals surface area contributed by atoms with Gasteiger partial charge in [0.1, 0.15) is 5.82 Å². The van der Waals surface area contributed by atoms with Crippen LogP contribution in [0.3, 0.4) is 0 Å². The lowest BCUT2D eigenvalue weighted by molar-refractivity contribution is -0.114. The molecule has 28 heavy (non-hydrogen) atoms. The van der Waals surface area contributed by atoms with E-state index >= 15 is 0 Å². The molecule has 2 aromatic rings. The van der Waals surface area contributed by atoms with E-state index in [-0.39, 0.29) is 42.9 Å². The van der Waals surface area contributed by atoms with Crippen molar-refractivity contribution in [3.63, 3.8) is 0 Å². The highest BCUT2D eigenvalue weighted by molar-refractivity contribution is 7.89. The highest BCUT2D eigenvalue weighted by Gasteiger charge is 2.30. The molecule has 0 saturated carbocycles. The Kier molecular flexibility index (Phi) is 5.76. The molecule has 0 bridgehead atoms. The minimum atomic E-state index is -3.81. The van der Waals surface area contributed by atoms with Crippen LogP contribution in [0.5, 0.6) is 0 Å². The molecule has 1 heterocycles. The summed E-state index contributed by atoms with van der Waals surface area (Å²) in [5, 5.41) is 2.62. The van der Waals surface area contributed by atoms with Gasteiger partial charge in [0, 0.05) is 44.4 Å². The predicted octanol–water partition coefficient (Wildman–Crippen LogP) is 1.93. The summed E-state index contributed by atoms with van der Waals surface area (Å²) in [5.74, 6) is -1.09. The number of rotatable bonds is 4. The molecule has 0 unspecified atom stereocenters. The van der Waals surface area contributed by atoms with Gasteiger partial charge < -0.3 is 10.2 Å². The topological polar surface area (TPSA) is 86.8 Å². The van der Waals surface area contributed by atoms with Gasteiger partial charge in [-0.05, 0) is 36.4 Å². The summed E-state index contributed by atoms with van der Waals surface area (Å²) in [5.41, 5.74) is 0.929. The fourth-order valence-corrected chi connectivity index (χ4v) is 4.48. The molecule has 1 saturated heterocycles. The molecule has 148 valence electrons. The Labute approximate surface area is 162 Å². The SMILES string of the molecule is CC(=O)Nc1cccc(C(=O)N2CCN(S(=O)(=O)c3cccc(F)c3)CC2)c1. The number of sulfonamides is 1. The van der Waals surface area contributed by atoms with Crippen LogP contribution >= 0.6 is 0 Å². The van der Waals surface area contributed by atoms with Gasteiger partial charge in [-0.15, -0.1) is 0 Å². The zero-order valence-electron chi connectivity index (χ0n) is 15.3. The maximum Gasteiger partial charge on any atom is 0.254 e. The number of anilines is 1. The highest BCUT2D eigenvalue weighted by atomic mass is 32.2. The normalized spacial score (nSPS) is 15.3. The van der Waals surface area contributed by atoms with Crippen LogP contribution in [0.2, 0.25) is 0 Å². The van der Waals surface area contributed by atoms with Crippen LogP contribution in [0.1, 0.15) is 17.3 Å². The first-order chi connectivity index (χ1) is 13.3. The Hall–Kier alpha value is -2.78. The Balaban J connectivity index is 1.68. The van der Waals surface area contributed by atoms with Gasteiger partial charge >= 0.3 is 0 Å². The van der Waals surface area contributed by atoms with Crippen molar-refractivity contribution in [1.29, 1.82) is 0 Å². The third-order valence-corrected chi connectivity index (χ3v) is 6.28. The summed E-state index contributed by atoms with van der Waals surface area (Å²) in [6.07, 6.45) is 0. The minimum absolute atomic E-state index is 0.102. The van der Waals surface area contributed by atoms with E-state index in [1.807, 2.05) is 0 Å². The number of hydrogen-bond donors (Lipinski definition) is 1. The zero-order chi connectivity index (χ0) is 20.3. The van der Waals surface area contributed by atoms with Gasteiger partial charge in [-0.25, -0.2) is 12.8 Å². The molecular formula is C19H20FN3O4S. The van der Waals surface area contributed by atoms with E-state index in [0.717, 1.165) is 6.07 Å². The summed E-state index contributed by atoms with van der Waals surface area (Å²) in [6, 6.07) is 11.5. The van der Waals surface area contributed by atoms with E-state index < -0.39 is 15.8 Å². The van der Waals surface area contributed by atoms with Gasteiger partial charge in [-0.2, -0.15) is 4.31 Å². The van der Waals surface area contributed by atoms with Crippen LogP contribution in [0.4, 0.5) is 10.1 Å². The van der Waals surface area contributed by atoms with Crippen molar-refractivity contribution in [3.05, 3.63) is 59.9 Å². The molecule has 9 heteroatoms. The summed E-state index contributed by atoms with van der Waals surface area (Å²) in [7, 11) is -3.81. The molecule has 1 aliphatic heterocycles. The van der Waals surface area contributed by atoms with Crippen molar-refractivity contribution in [3.8, 4) is 0 Å². The number of piperazine rings is 1. The second-order valence-electron chi connectivity index (χ2n) is 6.42. The largest absolute Gasteiger partial charge is 0.336 e. The number of halogens is 1. The summed E-state index contributed by atoms with van der Waals surface area (Å²) in [6.45, 7) is 2.06. The van der Waals surface area contributed by atoms with E-state index in [1.54, 1.807) is 29.2 Å². The van der Waals surface area contributed by atoms with Crippen molar-refractivity contribution < 1.29 is 22.4 Å². The van der Waals surface area contributed by atoms with Crippen LogP contribution in [-0.4, -0.2) is 55.6 Å². The number of hydrogen-bond acceptors (Lipinski definition) is 4. The van der Waals surface area contributed by atoms with E-state index in [0.29, 0.717) is 11.3 Å². The van der Waals surface area contributed by atoms with Gasteiger partial charge in [-0.3, -0.25) is 9.59 Å². The average Bonchev–Trinajstić information content (AvgIpc) is 2.67. The molecule has 1 N–H and O–H groups in total. The monoisotopic (exact) mass is 405 g/mol. The molecule has 0 spiro atoms. The van der Waals surface area contributed by atoms with Crippen molar-refractivity contribution in [2.75, 3.05) is 31.5 Å². The Morgan fingerprint density at radius 1 is 1.00 bits per heavy atom. The van der Waals surface area contributed by atoms with Gasteiger partial charge in [-0.1, -0.05) is 12.1 Å². The van der Waals surface area contributed by atoms with Crippen LogP contribution < -0.4 is 5.32 Å². The number of benzene rings is 2. The summed E-state index contributed by atoms with van der Waals surface area (Å²) < 4.78 is 39.9. The van der Waals surface area contributed by atoms with Crippen molar-refractivity contribution in [2.45, 2.75) is 11.8 Å². The molecule has 0 aliphatic carbocycles. The molecule has 2 amide bonds. The zero-order valence-corrected chi connectivity index (χ0v) is 16.1. The standard InChI is InChI=1S/C19H20FN3O4S/c1-14(24)21-17-6-2-4-15(12-17)19(25)22-8-10-23(11-9-22)28(26,27)18-7-3-5-16(20)13-18/h2-7,12-13H,8-11H2,1H3,(H,21,24). The molecule has 0 aromatic heterocycles. The number of nitrogens with zero attached hydrogens (tertiary/aromatic N) is 2. The Bertz CT molecular complexity index is 1000. The molecule has 1 fully saturated rings. The van der Waals surface area contributed by atoms with Crippen LogP contribution in [0, 0.1) is 5.82 Å². The van der Waals surface area contributed by atoms with E-state index in [2.05, 4.69) is 5.32 Å². The molecule has 7 nitrogen and oxygen atoms in total. The van der Waals surface area contributed by atoms with Crippen molar-refractivity contribution in [2.24, 2.45) is 0 Å². The average molecular weight is 405 g/mol.